The number of halogens is 3. The number of sulfonamides is 1. The van der Waals surface area contributed by atoms with Gasteiger partial charge in [-0.05, 0) is 60.9 Å². The Hall–Kier alpha value is -3.13. The van der Waals surface area contributed by atoms with Crippen molar-refractivity contribution in [3.63, 3.8) is 0 Å². The van der Waals surface area contributed by atoms with Crippen molar-refractivity contribution in [3.8, 4) is 5.75 Å². The number of ether oxygens (including phenoxy) is 3. The number of allylic oxidation sites excluding steroid dienone is 1. The standard InChI is InChI=1S/C30H37F3N2O7S/c1-40-25-11-13-26(14-12-25)43(38,39)35(15-17-36)16-18-41-28-20-22(21-7-9-23(10-8-21)30(31,32)33)19-27(42-28)29(37)34-24-5-3-2-4-6-24/h7-14,19,22,24,28,36H,2-6,15-18,20H2,1H3,(H,34,37)/t22-,28+/m1/s1. The van der Waals surface area contributed by atoms with Crippen molar-refractivity contribution in [2.24, 2.45) is 0 Å². The zero-order valence-corrected chi connectivity index (χ0v) is 24.7. The number of nitrogens with one attached hydrogen (secondary N) is 1. The third-order valence-corrected chi connectivity index (χ3v) is 9.49. The fourth-order valence-corrected chi connectivity index (χ4v) is 6.63. The maximum Gasteiger partial charge on any atom is 0.416 e. The molecule has 0 spiro atoms. The molecule has 2 aromatic rings. The van der Waals surface area contributed by atoms with Crippen LogP contribution in [0.5, 0.6) is 5.75 Å². The van der Waals surface area contributed by atoms with Gasteiger partial charge >= 0.3 is 6.18 Å². The van der Waals surface area contributed by atoms with Gasteiger partial charge in [0.15, 0.2) is 5.76 Å². The molecular weight excluding hydrogens is 589 g/mol. The Morgan fingerprint density at radius 1 is 1.05 bits per heavy atom. The Kier molecular flexibility index (Phi) is 11.1. The number of benzene rings is 2. The summed E-state index contributed by atoms with van der Waals surface area (Å²) in [4.78, 5) is 13.2. The summed E-state index contributed by atoms with van der Waals surface area (Å²) in [6.07, 6.45) is 1.16. The first-order valence-electron chi connectivity index (χ1n) is 14.2. The van der Waals surface area contributed by atoms with Gasteiger partial charge in [0.05, 0.1) is 30.8 Å². The SMILES string of the molecule is COc1ccc(S(=O)(=O)N(CCO)CCO[C@@H]2C[C@H](c3ccc(C(F)(F)F)cc3)C=C(C(=O)NC3CCCCC3)O2)cc1. The minimum Gasteiger partial charge on any atom is -0.497 e. The van der Waals surface area contributed by atoms with Crippen LogP contribution in [0.2, 0.25) is 0 Å². The highest BCUT2D eigenvalue weighted by Crippen LogP contribution is 2.35. The molecule has 1 aliphatic heterocycles. The van der Waals surface area contributed by atoms with Gasteiger partial charge in [0, 0.05) is 31.5 Å². The molecule has 0 saturated heterocycles. The van der Waals surface area contributed by atoms with Crippen molar-refractivity contribution in [2.45, 2.75) is 67.8 Å². The van der Waals surface area contributed by atoms with Gasteiger partial charge < -0.3 is 24.6 Å². The van der Waals surface area contributed by atoms with E-state index in [1.807, 2.05) is 0 Å². The number of aliphatic hydroxyl groups is 1. The molecule has 0 bridgehead atoms. The summed E-state index contributed by atoms with van der Waals surface area (Å²) in [5.74, 6) is -0.417. The Morgan fingerprint density at radius 3 is 2.33 bits per heavy atom. The summed E-state index contributed by atoms with van der Waals surface area (Å²) >= 11 is 0. The minimum atomic E-state index is -4.48. The summed E-state index contributed by atoms with van der Waals surface area (Å²) in [6.45, 7) is -0.837. The van der Waals surface area contributed by atoms with Gasteiger partial charge in [0.1, 0.15) is 5.75 Å². The molecule has 4 rings (SSSR count). The maximum absolute atomic E-state index is 13.2. The van der Waals surface area contributed by atoms with Crippen molar-refractivity contribution < 1.29 is 45.7 Å². The van der Waals surface area contributed by atoms with E-state index in [0.29, 0.717) is 11.3 Å². The van der Waals surface area contributed by atoms with Gasteiger partial charge in [-0.2, -0.15) is 17.5 Å². The Morgan fingerprint density at radius 2 is 1.72 bits per heavy atom. The van der Waals surface area contributed by atoms with Gasteiger partial charge in [-0.25, -0.2) is 8.42 Å². The van der Waals surface area contributed by atoms with Crippen molar-refractivity contribution >= 4 is 15.9 Å². The molecule has 236 valence electrons. The number of hydrogen-bond acceptors (Lipinski definition) is 7. The van der Waals surface area contributed by atoms with Gasteiger partial charge in [-0.3, -0.25) is 4.79 Å². The Labute approximate surface area is 249 Å². The second kappa shape index (κ2) is 14.6. The van der Waals surface area contributed by atoms with Crippen molar-refractivity contribution in [3.05, 3.63) is 71.5 Å². The van der Waals surface area contributed by atoms with E-state index in [1.54, 1.807) is 6.08 Å². The first-order chi connectivity index (χ1) is 20.5. The average molecular weight is 627 g/mol. The zero-order chi connectivity index (χ0) is 31.0. The smallest absolute Gasteiger partial charge is 0.416 e. The van der Waals surface area contributed by atoms with E-state index in [4.69, 9.17) is 14.2 Å². The summed E-state index contributed by atoms with van der Waals surface area (Å²) in [6, 6.07) is 10.6. The molecule has 2 atom stereocenters. The van der Waals surface area contributed by atoms with Crippen molar-refractivity contribution in [2.75, 3.05) is 33.4 Å². The fraction of sp³-hybridized carbons (Fsp3) is 0.500. The van der Waals surface area contributed by atoms with Crippen LogP contribution >= 0.6 is 0 Å². The Balaban J connectivity index is 1.47. The average Bonchev–Trinajstić information content (AvgIpc) is 3.00. The van der Waals surface area contributed by atoms with Crippen LogP contribution in [0.1, 0.15) is 55.6 Å². The normalized spacial score (nSPS) is 19.9. The fourth-order valence-electron chi connectivity index (χ4n) is 5.22. The van der Waals surface area contributed by atoms with E-state index in [1.165, 1.54) is 43.5 Å². The van der Waals surface area contributed by atoms with E-state index >= 15 is 0 Å². The van der Waals surface area contributed by atoms with E-state index < -0.39 is 46.5 Å². The predicted octanol–water partition coefficient (Wildman–Crippen LogP) is 4.58. The largest absolute Gasteiger partial charge is 0.497 e. The van der Waals surface area contributed by atoms with Crippen LogP contribution in [0.4, 0.5) is 13.2 Å². The van der Waals surface area contributed by atoms with Crippen LogP contribution in [-0.2, 0) is 30.5 Å². The topological polar surface area (TPSA) is 114 Å². The molecule has 1 saturated carbocycles. The highest BCUT2D eigenvalue weighted by molar-refractivity contribution is 7.89. The monoisotopic (exact) mass is 626 g/mol. The highest BCUT2D eigenvalue weighted by Gasteiger charge is 2.33. The van der Waals surface area contributed by atoms with E-state index in [0.717, 1.165) is 48.5 Å². The quantitative estimate of drug-likeness (QED) is 0.355. The molecule has 2 N–H and O–H groups in total. The minimum absolute atomic E-state index is 0.00444. The van der Waals surface area contributed by atoms with Gasteiger partial charge in [0.2, 0.25) is 16.3 Å². The lowest BCUT2D eigenvalue weighted by molar-refractivity contribution is -0.147. The maximum atomic E-state index is 13.2. The third kappa shape index (κ3) is 8.71. The molecule has 1 fully saturated rings. The summed E-state index contributed by atoms with van der Waals surface area (Å²) in [5.41, 5.74) is -0.228. The molecule has 0 unspecified atom stereocenters. The molecule has 43 heavy (non-hydrogen) atoms. The molecule has 1 heterocycles. The van der Waals surface area contributed by atoms with Crippen LogP contribution in [0, 0.1) is 0 Å². The summed E-state index contributed by atoms with van der Waals surface area (Å²) in [5, 5.41) is 12.5. The third-order valence-electron chi connectivity index (χ3n) is 7.58. The van der Waals surface area contributed by atoms with Crippen LogP contribution < -0.4 is 10.1 Å². The summed E-state index contributed by atoms with van der Waals surface area (Å²) in [7, 11) is -2.51. The number of carbonyl (C=O) groups is 1. The molecule has 0 radical (unpaired) electrons. The number of rotatable bonds is 12. The van der Waals surface area contributed by atoms with E-state index in [9.17, 15) is 31.5 Å². The second-order valence-corrected chi connectivity index (χ2v) is 12.5. The van der Waals surface area contributed by atoms with Gasteiger partial charge in [-0.15, -0.1) is 0 Å². The lowest BCUT2D eigenvalue weighted by atomic mass is 9.91. The van der Waals surface area contributed by atoms with Crippen molar-refractivity contribution in [1.82, 2.24) is 9.62 Å². The molecule has 2 aromatic carbocycles. The molecule has 9 nitrogen and oxygen atoms in total. The second-order valence-electron chi connectivity index (χ2n) is 10.5. The number of amides is 1. The van der Waals surface area contributed by atoms with Gasteiger partial charge in [-0.1, -0.05) is 31.4 Å². The van der Waals surface area contributed by atoms with E-state index in [2.05, 4.69) is 5.32 Å². The number of methoxy groups -OCH3 is 1. The molecule has 1 aliphatic carbocycles. The zero-order valence-electron chi connectivity index (χ0n) is 23.9. The number of aliphatic hydroxyl groups excluding tert-OH is 1. The molecular formula is C30H37F3N2O7S. The lowest BCUT2D eigenvalue weighted by Crippen LogP contribution is -2.40. The van der Waals surface area contributed by atoms with E-state index in [-0.39, 0.29) is 42.8 Å². The molecule has 1 amide bonds. The van der Waals surface area contributed by atoms with Crippen LogP contribution in [-0.4, -0.2) is 69.5 Å². The summed E-state index contributed by atoms with van der Waals surface area (Å²) < 4.78 is 83.7. The number of alkyl halides is 3. The van der Waals surface area contributed by atoms with Crippen molar-refractivity contribution in [1.29, 1.82) is 0 Å². The number of nitrogens with zero attached hydrogens (tertiary/aromatic N) is 1. The molecule has 13 heteroatoms. The Bertz CT molecular complexity index is 1340. The molecule has 0 aromatic heterocycles. The first-order valence-corrected chi connectivity index (χ1v) is 15.7. The lowest BCUT2D eigenvalue weighted by Gasteiger charge is -2.31. The first kappa shape index (κ1) is 32.8. The predicted molar refractivity (Wildman–Crippen MR) is 152 cm³/mol. The number of carbonyl (C=O) groups excluding carboxylic acids is 1. The number of hydrogen-bond donors (Lipinski definition) is 2. The van der Waals surface area contributed by atoms with Gasteiger partial charge in [0.25, 0.3) is 5.91 Å². The van der Waals surface area contributed by atoms with Crippen LogP contribution in [0.3, 0.4) is 0 Å². The highest BCUT2D eigenvalue weighted by atomic mass is 32.2. The van der Waals surface area contributed by atoms with Crippen LogP contribution in [0.25, 0.3) is 0 Å². The van der Waals surface area contributed by atoms with Crippen LogP contribution in [0.15, 0.2) is 65.3 Å². The molecule has 2 aliphatic rings.